The van der Waals surface area contributed by atoms with Crippen LogP contribution in [0.4, 0.5) is 5.82 Å². The topological polar surface area (TPSA) is 88.2 Å². The van der Waals surface area contributed by atoms with Crippen LogP contribution in [0.25, 0.3) is 0 Å². The van der Waals surface area contributed by atoms with Gasteiger partial charge in [0.2, 0.25) is 10.0 Å². The summed E-state index contributed by atoms with van der Waals surface area (Å²) in [7, 11) is -3.56. The predicted molar refractivity (Wildman–Crippen MR) is 88.8 cm³/mol. The zero-order chi connectivity index (χ0) is 17.0. The van der Waals surface area contributed by atoms with Crippen molar-refractivity contribution in [1.82, 2.24) is 9.71 Å². The molecule has 1 amide bonds. The number of nitrogens with one attached hydrogen (secondary N) is 2. The van der Waals surface area contributed by atoms with Gasteiger partial charge in [0, 0.05) is 17.8 Å². The van der Waals surface area contributed by atoms with Crippen LogP contribution in [0.5, 0.6) is 0 Å². The number of benzene rings is 1. The number of hydrogen-bond acceptors (Lipinski definition) is 4. The molecule has 0 spiro atoms. The lowest BCUT2D eigenvalue weighted by molar-refractivity contribution is 0.102. The normalized spacial score (nSPS) is 11.5. The number of aromatic nitrogens is 1. The van der Waals surface area contributed by atoms with E-state index in [1.54, 1.807) is 26.1 Å². The van der Waals surface area contributed by atoms with Crippen molar-refractivity contribution >= 4 is 21.7 Å². The van der Waals surface area contributed by atoms with E-state index in [0.29, 0.717) is 11.4 Å². The lowest BCUT2D eigenvalue weighted by Gasteiger charge is -2.10. The van der Waals surface area contributed by atoms with Gasteiger partial charge in [0.05, 0.1) is 4.90 Å². The van der Waals surface area contributed by atoms with Crippen LogP contribution in [-0.2, 0) is 10.0 Å². The first-order chi connectivity index (χ1) is 10.8. The molecule has 0 bridgehead atoms. The van der Waals surface area contributed by atoms with Gasteiger partial charge >= 0.3 is 0 Å². The van der Waals surface area contributed by atoms with Crippen LogP contribution in [0, 0.1) is 6.92 Å². The molecule has 7 heteroatoms. The minimum atomic E-state index is -3.56. The van der Waals surface area contributed by atoms with E-state index in [-0.39, 0.29) is 16.8 Å². The number of hydrogen-bond donors (Lipinski definition) is 2. The third-order valence-electron chi connectivity index (χ3n) is 2.97. The zero-order valence-electron chi connectivity index (χ0n) is 13.2. The number of pyridine rings is 1. The molecule has 2 aromatic rings. The zero-order valence-corrected chi connectivity index (χ0v) is 14.0. The Labute approximate surface area is 136 Å². The molecule has 122 valence electrons. The first-order valence-electron chi connectivity index (χ1n) is 7.14. The van der Waals surface area contributed by atoms with E-state index < -0.39 is 10.0 Å². The highest BCUT2D eigenvalue weighted by Gasteiger charge is 2.16. The number of aryl methyl sites for hydroxylation is 1. The Hall–Kier alpha value is -2.25. The average Bonchev–Trinajstić information content (AvgIpc) is 2.48. The Bertz CT molecular complexity index is 782. The second-order valence-electron chi connectivity index (χ2n) is 5.48. The molecule has 6 nitrogen and oxygen atoms in total. The summed E-state index contributed by atoms with van der Waals surface area (Å²) in [5.74, 6) is 0.0980. The van der Waals surface area contributed by atoms with Crippen LogP contribution in [0.1, 0.15) is 29.8 Å². The van der Waals surface area contributed by atoms with Crippen LogP contribution < -0.4 is 10.0 Å². The lowest BCUT2D eigenvalue weighted by Crippen LogP contribution is -2.30. The number of rotatable bonds is 5. The van der Waals surface area contributed by atoms with Gasteiger partial charge in [-0.25, -0.2) is 18.1 Å². The fourth-order valence-electron chi connectivity index (χ4n) is 1.89. The minimum absolute atomic E-state index is 0.121. The van der Waals surface area contributed by atoms with Crippen molar-refractivity contribution in [2.24, 2.45) is 0 Å². The molecule has 1 aromatic heterocycles. The quantitative estimate of drug-likeness (QED) is 0.879. The third-order valence-corrected chi connectivity index (χ3v) is 4.65. The SMILES string of the molecule is Cc1ccc(NC(=O)c2ccc(S(=O)(=O)NC(C)C)cc2)nc1. The number of nitrogens with zero attached hydrogens (tertiary/aromatic N) is 1. The van der Waals surface area contributed by atoms with E-state index in [2.05, 4.69) is 15.0 Å². The summed E-state index contributed by atoms with van der Waals surface area (Å²) in [6.07, 6.45) is 1.66. The molecule has 2 N–H and O–H groups in total. The minimum Gasteiger partial charge on any atom is -0.307 e. The highest BCUT2D eigenvalue weighted by Crippen LogP contribution is 2.13. The smallest absolute Gasteiger partial charge is 0.256 e. The molecule has 0 aliphatic heterocycles. The van der Waals surface area contributed by atoms with Crippen molar-refractivity contribution < 1.29 is 13.2 Å². The Kier molecular flexibility index (Phi) is 5.12. The van der Waals surface area contributed by atoms with Gasteiger partial charge < -0.3 is 5.32 Å². The maximum atomic E-state index is 12.1. The summed E-state index contributed by atoms with van der Waals surface area (Å²) >= 11 is 0. The number of carbonyl (C=O) groups is 1. The second-order valence-corrected chi connectivity index (χ2v) is 7.19. The summed E-state index contributed by atoms with van der Waals surface area (Å²) in [5, 5.41) is 2.66. The van der Waals surface area contributed by atoms with Gasteiger partial charge in [-0.3, -0.25) is 4.79 Å². The maximum Gasteiger partial charge on any atom is 0.256 e. The average molecular weight is 333 g/mol. The molecule has 2 rings (SSSR count). The molecule has 0 saturated carbocycles. The van der Waals surface area contributed by atoms with Crippen molar-refractivity contribution in [2.45, 2.75) is 31.7 Å². The van der Waals surface area contributed by atoms with Crippen LogP contribution in [0.2, 0.25) is 0 Å². The van der Waals surface area contributed by atoms with Crippen LogP contribution >= 0.6 is 0 Å². The number of sulfonamides is 1. The molecule has 0 unspecified atom stereocenters. The molecular weight excluding hydrogens is 314 g/mol. The lowest BCUT2D eigenvalue weighted by atomic mass is 10.2. The molecular formula is C16H19N3O3S. The van der Waals surface area contributed by atoms with Crippen molar-refractivity contribution in [2.75, 3.05) is 5.32 Å². The van der Waals surface area contributed by atoms with E-state index in [1.165, 1.54) is 24.3 Å². The summed E-state index contributed by atoms with van der Waals surface area (Å²) in [6.45, 7) is 5.39. The predicted octanol–water partition coefficient (Wildman–Crippen LogP) is 2.33. The molecule has 0 atom stereocenters. The van der Waals surface area contributed by atoms with Crippen LogP contribution in [0.3, 0.4) is 0 Å². The molecule has 1 heterocycles. The molecule has 0 aliphatic carbocycles. The van der Waals surface area contributed by atoms with Gasteiger partial charge in [-0.2, -0.15) is 0 Å². The Balaban J connectivity index is 2.13. The fraction of sp³-hybridized carbons (Fsp3) is 0.250. The Morgan fingerprint density at radius 3 is 2.26 bits per heavy atom. The summed E-state index contributed by atoms with van der Waals surface area (Å²) in [6, 6.07) is 9.10. The third kappa shape index (κ3) is 4.61. The van der Waals surface area contributed by atoms with E-state index in [1.807, 2.05) is 13.0 Å². The van der Waals surface area contributed by atoms with Crippen LogP contribution in [0.15, 0.2) is 47.5 Å². The van der Waals surface area contributed by atoms with Crippen molar-refractivity contribution in [3.05, 3.63) is 53.7 Å². The van der Waals surface area contributed by atoms with Gasteiger partial charge in [-0.1, -0.05) is 6.07 Å². The number of anilines is 1. The fourth-order valence-corrected chi connectivity index (χ4v) is 3.15. The first-order valence-corrected chi connectivity index (χ1v) is 8.62. The largest absolute Gasteiger partial charge is 0.307 e. The van der Waals surface area contributed by atoms with E-state index >= 15 is 0 Å². The van der Waals surface area contributed by atoms with E-state index in [9.17, 15) is 13.2 Å². The van der Waals surface area contributed by atoms with Crippen molar-refractivity contribution in [1.29, 1.82) is 0 Å². The summed E-state index contributed by atoms with van der Waals surface area (Å²) < 4.78 is 26.5. The van der Waals surface area contributed by atoms with Gasteiger partial charge in [0.1, 0.15) is 5.82 Å². The van der Waals surface area contributed by atoms with Gasteiger partial charge in [-0.05, 0) is 56.7 Å². The van der Waals surface area contributed by atoms with Crippen molar-refractivity contribution in [3.63, 3.8) is 0 Å². The highest BCUT2D eigenvalue weighted by atomic mass is 32.2. The van der Waals surface area contributed by atoms with Gasteiger partial charge in [0.15, 0.2) is 0 Å². The molecule has 0 radical (unpaired) electrons. The van der Waals surface area contributed by atoms with Gasteiger partial charge in [0.25, 0.3) is 5.91 Å². The van der Waals surface area contributed by atoms with E-state index in [4.69, 9.17) is 0 Å². The summed E-state index contributed by atoms with van der Waals surface area (Å²) in [4.78, 5) is 16.3. The van der Waals surface area contributed by atoms with Crippen LogP contribution in [-0.4, -0.2) is 25.4 Å². The second kappa shape index (κ2) is 6.89. The standard InChI is InChI=1S/C16H19N3O3S/c1-11(2)19-23(21,22)14-7-5-13(6-8-14)16(20)18-15-9-4-12(3)10-17-15/h4-11,19H,1-3H3,(H,17,18,20). The number of amides is 1. The molecule has 0 fully saturated rings. The summed E-state index contributed by atoms with van der Waals surface area (Å²) in [5.41, 5.74) is 1.35. The Morgan fingerprint density at radius 2 is 1.74 bits per heavy atom. The molecule has 23 heavy (non-hydrogen) atoms. The highest BCUT2D eigenvalue weighted by molar-refractivity contribution is 7.89. The van der Waals surface area contributed by atoms with Gasteiger partial charge in [-0.15, -0.1) is 0 Å². The first kappa shape index (κ1) is 17.1. The maximum absolute atomic E-state index is 12.1. The monoisotopic (exact) mass is 333 g/mol. The Morgan fingerprint density at radius 1 is 1.09 bits per heavy atom. The molecule has 0 saturated heterocycles. The van der Waals surface area contributed by atoms with E-state index in [0.717, 1.165) is 5.56 Å². The van der Waals surface area contributed by atoms with Crippen molar-refractivity contribution in [3.8, 4) is 0 Å². The molecule has 0 aliphatic rings. The molecule has 1 aromatic carbocycles. The number of carbonyl (C=O) groups excluding carboxylic acids is 1.